The third kappa shape index (κ3) is 1.57. The number of hydrogen-bond donors (Lipinski definition) is 1. The molecule has 1 saturated heterocycles. The third-order valence-electron chi connectivity index (χ3n) is 3.08. The van der Waals surface area contributed by atoms with Crippen molar-refractivity contribution in [2.75, 3.05) is 13.1 Å². The van der Waals surface area contributed by atoms with E-state index < -0.39 is 0 Å². The summed E-state index contributed by atoms with van der Waals surface area (Å²) in [7, 11) is 0. The first-order valence-electron chi connectivity index (χ1n) is 5.72. The Morgan fingerprint density at radius 3 is 3.19 bits per heavy atom. The molecule has 1 aliphatic heterocycles. The van der Waals surface area contributed by atoms with Crippen molar-refractivity contribution in [2.45, 2.75) is 25.7 Å². The van der Waals surface area contributed by atoms with Crippen LogP contribution in [0.2, 0.25) is 0 Å². The van der Waals surface area contributed by atoms with Gasteiger partial charge >= 0.3 is 0 Å². The van der Waals surface area contributed by atoms with Crippen LogP contribution in [0.25, 0.3) is 5.78 Å². The average Bonchev–Trinajstić information content (AvgIpc) is 2.73. The summed E-state index contributed by atoms with van der Waals surface area (Å²) in [5.74, 6) is 2.21. The second kappa shape index (κ2) is 3.83. The van der Waals surface area contributed by atoms with E-state index in [1.165, 1.54) is 12.8 Å². The van der Waals surface area contributed by atoms with E-state index in [9.17, 15) is 0 Å². The van der Waals surface area contributed by atoms with E-state index >= 15 is 0 Å². The maximum atomic E-state index is 4.27. The van der Waals surface area contributed by atoms with Crippen LogP contribution in [0.4, 0.5) is 0 Å². The number of aryl methyl sites for hydroxylation is 1. The highest BCUT2D eigenvalue weighted by molar-refractivity contribution is 5.29. The van der Waals surface area contributed by atoms with Crippen molar-refractivity contribution in [3.63, 3.8) is 0 Å². The highest BCUT2D eigenvalue weighted by Crippen LogP contribution is 2.21. The van der Waals surface area contributed by atoms with Crippen molar-refractivity contribution in [2.24, 2.45) is 0 Å². The predicted octanol–water partition coefficient (Wildman–Crippen LogP) is 0.900. The zero-order chi connectivity index (χ0) is 11.0. The van der Waals surface area contributed by atoms with Gasteiger partial charge in [0.1, 0.15) is 5.82 Å². The normalized spacial score (nSPS) is 21.4. The van der Waals surface area contributed by atoms with Crippen molar-refractivity contribution in [3.05, 3.63) is 23.8 Å². The van der Waals surface area contributed by atoms with Crippen molar-refractivity contribution in [1.82, 2.24) is 24.9 Å². The lowest BCUT2D eigenvalue weighted by atomic mass is 9.99. The monoisotopic (exact) mass is 217 g/mol. The molecule has 0 saturated carbocycles. The molecular weight excluding hydrogens is 202 g/mol. The Morgan fingerprint density at radius 1 is 1.44 bits per heavy atom. The Bertz CT molecular complexity index is 498. The highest BCUT2D eigenvalue weighted by atomic mass is 15.3. The van der Waals surface area contributed by atoms with E-state index in [1.807, 2.05) is 17.5 Å². The van der Waals surface area contributed by atoms with E-state index in [0.29, 0.717) is 11.7 Å². The fourth-order valence-electron chi connectivity index (χ4n) is 2.25. The summed E-state index contributed by atoms with van der Waals surface area (Å²) in [6.45, 7) is 4.15. The van der Waals surface area contributed by atoms with Crippen LogP contribution < -0.4 is 5.32 Å². The SMILES string of the molecule is Cc1cnc2nnc(C3CCCNC3)n2c1. The van der Waals surface area contributed by atoms with Crippen molar-refractivity contribution >= 4 is 5.78 Å². The molecule has 5 heteroatoms. The highest BCUT2D eigenvalue weighted by Gasteiger charge is 2.20. The molecule has 1 N–H and O–H groups in total. The number of hydrogen-bond acceptors (Lipinski definition) is 4. The van der Waals surface area contributed by atoms with E-state index in [-0.39, 0.29) is 0 Å². The second-order valence-electron chi connectivity index (χ2n) is 4.40. The van der Waals surface area contributed by atoms with Crippen LogP contribution in [0.15, 0.2) is 12.4 Å². The lowest BCUT2D eigenvalue weighted by Crippen LogP contribution is -2.29. The minimum Gasteiger partial charge on any atom is -0.316 e. The van der Waals surface area contributed by atoms with Crippen molar-refractivity contribution in [3.8, 4) is 0 Å². The van der Waals surface area contributed by atoms with E-state index in [2.05, 4.69) is 26.7 Å². The fourth-order valence-corrected chi connectivity index (χ4v) is 2.25. The molecule has 3 heterocycles. The average molecular weight is 217 g/mol. The van der Waals surface area contributed by atoms with Gasteiger partial charge in [-0.3, -0.25) is 4.40 Å². The van der Waals surface area contributed by atoms with Crippen molar-refractivity contribution in [1.29, 1.82) is 0 Å². The summed E-state index contributed by atoms with van der Waals surface area (Å²) >= 11 is 0. The molecule has 84 valence electrons. The zero-order valence-corrected chi connectivity index (χ0v) is 9.35. The van der Waals surface area contributed by atoms with Gasteiger partial charge in [-0.15, -0.1) is 10.2 Å². The van der Waals surface area contributed by atoms with E-state index in [4.69, 9.17) is 0 Å². The quantitative estimate of drug-likeness (QED) is 0.771. The van der Waals surface area contributed by atoms with Crippen LogP contribution in [-0.4, -0.2) is 32.7 Å². The van der Waals surface area contributed by atoms with Gasteiger partial charge in [0.2, 0.25) is 0 Å². The number of nitrogens with zero attached hydrogens (tertiary/aromatic N) is 4. The van der Waals surface area contributed by atoms with Crippen LogP contribution in [0.1, 0.15) is 30.1 Å². The minimum atomic E-state index is 0.465. The van der Waals surface area contributed by atoms with Crippen LogP contribution in [-0.2, 0) is 0 Å². The Hall–Kier alpha value is -1.49. The lowest BCUT2D eigenvalue weighted by Gasteiger charge is -2.20. The van der Waals surface area contributed by atoms with Gasteiger partial charge in [0, 0.05) is 24.9 Å². The molecule has 1 atom stereocenters. The number of nitrogens with one attached hydrogen (secondary N) is 1. The van der Waals surface area contributed by atoms with Gasteiger partial charge in [-0.25, -0.2) is 4.98 Å². The van der Waals surface area contributed by atoms with Gasteiger partial charge in [0.25, 0.3) is 5.78 Å². The minimum absolute atomic E-state index is 0.465. The molecule has 0 radical (unpaired) electrons. The molecule has 0 amide bonds. The maximum Gasteiger partial charge on any atom is 0.254 e. The van der Waals surface area contributed by atoms with Gasteiger partial charge in [-0.2, -0.15) is 0 Å². The molecule has 16 heavy (non-hydrogen) atoms. The van der Waals surface area contributed by atoms with Crippen LogP contribution in [0, 0.1) is 6.92 Å². The Labute approximate surface area is 93.9 Å². The number of piperidine rings is 1. The van der Waals surface area contributed by atoms with Crippen molar-refractivity contribution < 1.29 is 0 Å². The summed E-state index contributed by atoms with van der Waals surface area (Å²) in [5.41, 5.74) is 1.14. The van der Waals surface area contributed by atoms with Gasteiger partial charge < -0.3 is 5.32 Å². The molecule has 0 spiro atoms. The van der Waals surface area contributed by atoms with E-state index in [0.717, 1.165) is 24.5 Å². The molecular formula is C11H15N5. The van der Waals surface area contributed by atoms with Gasteiger partial charge in [0.05, 0.1) is 0 Å². The van der Waals surface area contributed by atoms with E-state index in [1.54, 1.807) is 0 Å². The lowest BCUT2D eigenvalue weighted by molar-refractivity contribution is 0.444. The Balaban J connectivity index is 2.05. The molecule has 2 aromatic heterocycles. The molecule has 0 aliphatic carbocycles. The molecule has 3 rings (SSSR count). The summed E-state index contributed by atoms with van der Waals surface area (Å²) in [5, 5.41) is 11.8. The van der Waals surface area contributed by atoms with Crippen LogP contribution in [0.5, 0.6) is 0 Å². The largest absolute Gasteiger partial charge is 0.316 e. The second-order valence-corrected chi connectivity index (χ2v) is 4.40. The predicted molar refractivity (Wildman–Crippen MR) is 60.4 cm³/mol. The molecule has 1 aliphatic rings. The zero-order valence-electron chi connectivity index (χ0n) is 9.35. The summed E-state index contributed by atoms with van der Waals surface area (Å²) in [6, 6.07) is 0. The first-order valence-corrected chi connectivity index (χ1v) is 5.72. The first kappa shape index (κ1) is 9.72. The molecule has 1 unspecified atom stereocenters. The fraction of sp³-hybridized carbons (Fsp3) is 0.545. The first-order chi connectivity index (χ1) is 7.84. The summed E-state index contributed by atoms with van der Waals surface area (Å²) in [6.07, 6.45) is 6.28. The third-order valence-corrected chi connectivity index (χ3v) is 3.08. The topological polar surface area (TPSA) is 55.1 Å². The molecule has 0 aromatic carbocycles. The number of aromatic nitrogens is 4. The molecule has 1 fully saturated rings. The maximum absolute atomic E-state index is 4.27. The standard InChI is InChI=1S/C11H15N5/c1-8-5-13-11-15-14-10(16(11)7-8)9-3-2-4-12-6-9/h5,7,9,12H,2-4,6H2,1H3. The van der Waals surface area contributed by atoms with Crippen LogP contribution in [0.3, 0.4) is 0 Å². The van der Waals surface area contributed by atoms with Crippen LogP contribution >= 0.6 is 0 Å². The summed E-state index contributed by atoms with van der Waals surface area (Å²) in [4.78, 5) is 4.27. The van der Waals surface area contributed by atoms with Gasteiger partial charge in [-0.1, -0.05) is 0 Å². The smallest absolute Gasteiger partial charge is 0.254 e. The van der Waals surface area contributed by atoms with Gasteiger partial charge in [-0.05, 0) is 31.9 Å². The molecule has 5 nitrogen and oxygen atoms in total. The Kier molecular flexibility index (Phi) is 2.32. The molecule has 2 aromatic rings. The number of rotatable bonds is 1. The number of fused-ring (bicyclic) bond motifs is 1. The molecule has 0 bridgehead atoms. The van der Waals surface area contributed by atoms with Gasteiger partial charge in [0.15, 0.2) is 0 Å². The summed E-state index contributed by atoms with van der Waals surface area (Å²) < 4.78 is 2.02. The Morgan fingerprint density at radius 2 is 2.38 bits per heavy atom.